The van der Waals surface area contributed by atoms with E-state index in [0.717, 1.165) is 30.9 Å². The normalized spacial score (nSPS) is 19.5. The van der Waals surface area contributed by atoms with Gasteiger partial charge in [-0.3, -0.25) is 9.69 Å². The Morgan fingerprint density at radius 2 is 2.24 bits per heavy atom. The minimum atomic E-state index is 0.0359. The van der Waals surface area contributed by atoms with Crippen LogP contribution in [0.3, 0.4) is 0 Å². The van der Waals surface area contributed by atoms with Gasteiger partial charge >= 0.3 is 0 Å². The summed E-state index contributed by atoms with van der Waals surface area (Å²) in [5, 5.41) is 6.12. The highest BCUT2D eigenvalue weighted by atomic mass is 16.5. The van der Waals surface area contributed by atoms with Gasteiger partial charge in [0, 0.05) is 25.3 Å². The van der Waals surface area contributed by atoms with Crippen LogP contribution in [0, 0.1) is 13.8 Å². The topological polar surface area (TPSA) is 53.6 Å². The van der Waals surface area contributed by atoms with Gasteiger partial charge in [0.05, 0.1) is 19.3 Å². The summed E-state index contributed by atoms with van der Waals surface area (Å²) in [4.78, 5) is 14.3. The Kier molecular flexibility index (Phi) is 5.73. The number of hydrogen-bond donors (Lipinski definition) is 2. The smallest absolute Gasteiger partial charge is 0.238 e. The fourth-order valence-corrected chi connectivity index (χ4v) is 2.55. The van der Waals surface area contributed by atoms with Gasteiger partial charge in [0.2, 0.25) is 5.91 Å². The lowest BCUT2D eigenvalue weighted by molar-refractivity contribution is -0.119. The van der Waals surface area contributed by atoms with E-state index in [1.807, 2.05) is 26.1 Å². The largest absolute Gasteiger partial charge is 0.374 e. The van der Waals surface area contributed by atoms with Crippen LogP contribution in [0.25, 0.3) is 0 Å². The Bertz CT molecular complexity index is 488. The van der Waals surface area contributed by atoms with Gasteiger partial charge in [0.15, 0.2) is 0 Å². The number of nitrogens with zero attached hydrogens (tertiary/aromatic N) is 1. The van der Waals surface area contributed by atoms with E-state index < -0.39 is 0 Å². The summed E-state index contributed by atoms with van der Waals surface area (Å²) in [7, 11) is 1.91. The molecular weight excluding hydrogens is 266 g/mol. The van der Waals surface area contributed by atoms with Crippen LogP contribution < -0.4 is 10.6 Å². The molecule has 0 bridgehead atoms. The van der Waals surface area contributed by atoms with Crippen molar-refractivity contribution in [3.05, 3.63) is 29.3 Å². The lowest BCUT2D eigenvalue weighted by atomic mass is 10.1. The summed E-state index contributed by atoms with van der Waals surface area (Å²) in [6.45, 7) is 7.59. The molecule has 2 rings (SSSR count). The average molecular weight is 291 g/mol. The molecule has 2 N–H and O–H groups in total. The Morgan fingerprint density at radius 1 is 1.43 bits per heavy atom. The minimum Gasteiger partial charge on any atom is -0.374 e. The molecule has 1 aliphatic heterocycles. The molecule has 0 radical (unpaired) electrons. The third kappa shape index (κ3) is 4.52. The van der Waals surface area contributed by atoms with Gasteiger partial charge in [-0.1, -0.05) is 12.1 Å². The number of anilines is 1. The molecule has 21 heavy (non-hydrogen) atoms. The van der Waals surface area contributed by atoms with Crippen molar-refractivity contribution < 1.29 is 9.53 Å². The zero-order valence-corrected chi connectivity index (χ0v) is 13.1. The minimum absolute atomic E-state index is 0.0359. The molecule has 0 aliphatic carbocycles. The van der Waals surface area contributed by atoms with Crippen LogP contribution in [0.2, 0.25) is 0 Å². The zero-order valence-electron chi connectivity index (χ0n) is 13.1. The van der Waals surface area contributed by atoms with Crippen molar-refractivity contribution in [3.8, 4) is 0 Å². The molecule has 0 saturated carbocycles. The quantitative estimate of drug-likeness (QED) is 0.855. The van der Waals surface area contributed by atoms with E-state index in [2.05, 4.69) is 28.5 Å². The molecule has 116 valence electrons. The van der Waals surface area contributed by atoms with Crippen LogP contribution in [0.4, 0.5) is 5.69 Å². The van der Waals surface area contributed by atoms with Crippen LogP contribution in [0.15, 0.2) is 18.2 Å². The van der Waals surface area contributed by atoms with Crippen molar-refractivity contribution in [1.82, 2.24) is 10.2 Å². The summed E-state index contributed by atoms with van der Waals surface area (Å²) < 4.78 is 5.65. The molecule has 1 amide bonds. The maximum absolute atomic E-state index is 12.2. The fourth-order valence-electron chi connectivity index (χ4n) is 2.55. The molecule has 1 aliphatic rings. The number of likely N-dealkylation sites (N-methyl/N-ethyl adjacent to an activating group) is 1. The third-order valence-electron chi connectivity index (χ3n) is 3.90. The average Bonchev–Trinajstić information content (AvgIpc) is 2.44. The number of carbonyl (C=O) groups is 1. The molecule has 1 heterocycles. The first-order valence-corrected chi connectivity index (χ1v) is 7.44. The second-order valence-electron chi connectivity index (χ2n) is 5.58. The number of morpholine rings is 1. The fraction of sp³-hybridized carbons (Fsp3) is 0.562. The second-order valence-corrected chi connectivity index (χ2v) is 5.58. The highest BCUT2D eigenvalue weighted by molar-refractivity contribution is 5.93. The first-order chi connectivity index (χ1) is 10.1. The molecule has 5 nitrogen and oxygen atoms in total. The Labute approximate surface area is 126 Å². The lowest BCUT2D eigenvalue weighted by Crippen LogP contribution is -2.48. The van der Waals surface area contributed by atoms with Crippen LogP contribution in [0.5, 0.6) is 0 Å². The van der Waals surface area contributed by atoms with Crippen molar-refractivity contribution in [3.63, 3.8) is 0 Å². The van der Waals surface area contributed by atoms with Gasteiger partial charge < -0.3 is 15.4 Å². The Balaban J connectivity index is 1.88. The standard InChI is InChI=1S/C16H25N3O2/c1-12-5-4-6-15(13(12)2)18-16(20)11-19-7-8-21-14(10-19)9-17-3/h4-6,14,17H,7-11H2,1-3H3,(H,18,20). The summed E-state index contributed by atoms with van der Waals surface area (Å²) >= 11 is 0. The van der Waals surface area contributed by atoms with E-state index >= 15 is 0 Å². The van der Waals surface area contributed by atoms with E-state index in [4.69, 9.17) is 4.74 Å². The number of rotatable bonds is 5. The molecule has 1 saturated heterocycles. The van der Waals surface area contributed by atoms with Gasteiger partial charge in [-0.25, -0.2) is 0 Å². The molecule has 1 unspecified atom stereocenters. The summed E-state index contributed by atoms with van der Waals surface area (Å²) in [6.07, 6.45) is 0.164. The van der Waals surface area contributed by atoms with Crippen molar-refractivity contribution >= 4 is 11.6 Å². The van der Waals surface area contributed by atoms with Crippen LogP contribution in [0.1, 0.15) is 11.1 Å². The highest BCUT2D eigenvalue weighted by Gasteiger charge is 2.21. The third-order valence-corrected chi connectivity index (χ3v) is 3.90. The number of hydrogen-bond acceptors (Lipinski definition) is 4. The van der Waals surface area contributed by atoms with Crippen molar-refractivity contribution in [1.29, 1.82) is 0 Å². The zero-order chi connectivity index (χ0) is 15.2. The molecule has 1 aromatic rings. The Morgan fingerprint density at radius 3 is 3.00 bits per heavy atom. The van der Waals surface area contributed by atoms with E-state index in [9.17, 15) is 4.79 Å². The molecular formula is C16H25N3O2. The maximum Gasteiger partial charge on any atom is 0.238 e. The summed E-state index contributed by atoms with van der Waals surface area (Å²) in [5.74, 6) is 0.0359. The summed E-state index contributed by atoms with van der Waals surface area (Å²) in [6, 6.07) is 5.97. The first-order valence-electron chi connectivity index (χ1n) is 7.44. The Hall–Kier alpha value is -1.43. The second kappa shape index (κ2) is 7.54. The van der Waals surface area contributed by atoms with Gasteiger partial charge in [-0.05, 0) is 38.1 Å². The molecule has 0 spiro atoms. The molecule has 1 aromatic carbocycles. The van der Waals surface area contributed by atoms with Gasteiger partial charge in [-0.15, -0.1) is 0 Å². The van der Waals surface area contributed by atoms with Crippen LogP contribution in [-0.2, 0) is 9.53 Å². The van der Waals surface area contributed by atoms with Crippen molar-refractivity contribution in [2.75, 3.05) is 45.2 Å². The maximum atomic E-state index is 12.2. The number of benzene rings is 1. The number of ether oxygens (including phenoxy) is 1. The predicted octanol–water partition coefficient (Wildman–Crippen LogP) is 1.16. The highest BCUT2D eigenvalue weighted by Crippen LogP contribution is 2.18. The SMILES string of the molecule is CNCC1CN(CC(=O)Nc2cccc(C)c2C)CCO1. The molecule has 0 aromatic heterocycles. The van der Waals surface area contributed by atoms with Crippen LogP contribution >= 0.6 is 0 Å². The van der Waals surface area contributed by atoms with Crippen molar-refractivity contribution in [2.24, 2.45) is 0 Å². The van der Waals surface area contributed by atoms with Gasteiger partial charge in [-0.2, -0.15) is 0 Å². The van der Waals surface area contributed by atoms with E-state index in [-0.39, 0.29) is 12.0 Å². The lowest BCUT2D eigenvalue weighted by Gasteiger charge is -2.32. The molecule has 1 atom stereocenters. The monoisotopic (exact) mass is 291 g/mol. The number of nitrogens with one attached hydrogen (secondary N) is 2. The molecule has 1 fully saturated rings. The number of amides is 1. The van der Waals surface area contributed by atoms with E-state index in [1.165, 1.54) is 5.56 Å². The van der Waals surface area contributed by atoms with E-state index in [1.54, 1.807) is 0 Å². The molecule has 5 heteroatoms. The first kappa shape index (κ1) is 15.9. The predicted molar refractivity (Wildman–Crippen MR) is 84.7 cm³/mol. The van der Waals surface area contributed by atoms with E-state index in [0.29, 0.717) is 13.2 Å². The van der Waals surface area contributed by atoms with Gasteiger partial charge in [0.1, 0.15) is 0 Å². The summed E-state index contributed by atoms with van der Waals surface area (Å²) in [5.41, 5.74) is 3.22. The van der Waals surface area contributed by atoms with Gasteiger partial charge in [0.25, 0.3) is 0 Å². The van der Waals surface area contributed by atoms with Crippen LogP contribution in [-0.4, -0.2) is 56.7 Å². The van der Waals surface area contributed by atoms with Crippen molar-refractivity contribution in [2.45, 2.75) is 20.0 Å². The number of carbonyl (C=O) groups excluding carboxylic acids is 1. The number of aryl methyl sites for hydroxylation is 1.